The lowest BCUT2D eigenvalue weighted by atomic mass is 9.96. The molecule has 0 spiro atoms. The van der Waals surface area contributed by atoms with Gasteiger partial charge in [-0.2, -0.15) is 0 Å². The predicted octanol–water partition coefficient (Wildman–Crippen LogP) is 4.10. The molecule has 3 atom stereocenters. The number of amides is 4. The van der Waals surface area contributed by atoms with E-state index in [4.69, 9.17) is 14.2 Å². The van der Waals surface area contributed by atoms with E-state index in [1.807, 2.05) is 45.0 Å². The van der Waals surface area contributed by atoms with Crippen LogP contribution in [0.4, 0.5) is 4.79 Å². The van der Waals surface area contributed by atoms with Gasteiger partial charge in [-0.25, -0.2) is 4.79 Å². The Balaban J connectivity index is 0.000000877. The number of ether oxygens (including phenoxy) is 3. The molecule has 1 aromatic carbocycles. The number of carbonyl (C=O) groups is 3. The van der Waals surface area contributed by atoms with Gasteiger partial charge in [0, 0.05) is 31.9 Å². The smallest absolute Gasteiger partial charge is 0.315 e. The summed E-state index contributed by atoms with van der Waals surface area (Å²) in [5.74, 6) is -0.0599. The molecular weight excluding hydrogens is 564 g/mol. The summed E-state index contributed by atoms with van der Waals surface area (Å²) >= 11 is 0. The summed E-state index contributed by atoms with van der Waals surface area (Å²) in [6.07, 6.45) is 7.87. The maximum absolute atomic E-state index is 11.9. The SMILES string of the molecule is CC.CCCCCC(O)C1NC(=O)NC1CCC.Cc1ccc(C(=O)NCCCOCCOCCOCCCNC=O)cc1. The minimum atomic E-state index is -0.415. The number of unbranched alkanes of at least 4 members (excludes halogenated alkanes) is 2. The quantitative estimate of drug-likeness (QED) is 0.0910. The molecule has 1 fully saturated rings. The van der Waals surface area contributed by atoms with Crippen LogP contribution in [0, 0.1) is 6.92 Å². The molecule has 1 aromatic rings. The fraction of sp³-hybridized carbons (Fsp3) is 0.727. The summed E-state index contributed by atoms with van der Waals surface area (Å²) in [5, 5.41) is 21.2. The molecule has 1 saturated heterocycles. The highest BCUT2D eigenvalue weighted by atomic mass is 16.5. The zero-order chi connectivity index (χ0) is 32.8. The van der Waals surface area contributed by atoms with Gasteiger partial charge in [0.25, 0.3) is 5.91 Å². The molecule has 44 heavy (non-hydrogen) atoms. The average Bonchev–Trinajstić information content (AvgIpc) is 3.40. The fourth-order valence-electron chi connectivity index (χ4n) is 4.32. The molecule has 2 rings (SSSR count). The number of nitrogens with one attached hydrogen (secondary N) is 4. The van der Waals surface area contributed by atoms with Gasteiger partial charge in [0.05, 0.1) is 44.6 Å². The maximum Gasteiger partial charge on any atom is 0.315 e. The van der Waals surface area contributed by atoms with Crippen LogP contribution in [0.2, 0.25) is 0 Å². The monoisotopic (exact) mass is 624 g/mol. The number of rotatable bonds is 23. The van der Waals surface area contributed by atoms with Gasteiger partial charge < -0.3 is 40.6 Å². The van der Waals surface area contributed by atoms with Crippen molar-refractivity contribution in [2.24, 2.45) is 0 Å². The Labute approximate surface area is 265 Å². The van der Waals surface area contributed by atoms with Crippen LogP contribution in [0.3, 0.4) is 0 Å². The number of carbonyl (C=O) groups excluding carboxylic acids is 3. The molecule has 0 radical (unpaired) electrons. The van der Waals surface area contributed by atoms with E-state index in [-0.39, 0.29) is 24.0 Å². The Kier molecular flexibility index (Phi) is 27.2. The van der Waals surface area contributed by atoms with Crippen molar-refractivity contribution in [2.75, 3.05) is 52.7 Å². The normalized spacial score (nSPS) is 15.9. The molecule has 11 nitrogen and oxygen atoms in total. The molecule has 1 aliphatic rings. The van der Waals surface area contributed by atoms with E-state index in [1.165, 1.54) is 0 Å². The highest BCUT2D eigenvalue weighted by Gasteiger charge is 2.35. The van der Waals surface area contributed by atoms with Gasteiger partial charge in [-0.15, -0.1) is 0 Å². The largest absolute Gasteiger partial charge is 0.391 e. The second-order valence-electron chi connectivity index (χ2n) is 10.3. The lowest BCUT2D eigenvalue weighted by Crippen LogP contribution is -2.43. The molecule has 4 amide bonds. The Morgan fingerprint density at radius 2 is 1.48 bits per heavy atom. The zero-order valence-electron chi connectivity index (χ0n) is 27.8. The Morgan fingerprint density at radius 1 is 0.886 bits per heavy atom. The van der Waals surface area contributed by atoms with Gasteiger partial charge in [-0.05, 0) is 44.7 Å². The maximum atomic E-state index is 11.9. The van der Waals surface area contributed by atoms with Crippen LogP contribution in [0.1, 0.15) is 95.0 Å². The van der Waals surface area contributed by atoms with Gasteiger partial charge in [-0.3, -0.25) is 9.59 Å². The molecule has 3 unspecified atom stereocenters. The number of urea groups is 1. The number of hydrogen-bond donors (Lipinski definition) is 5. The third-order valence-corrected chi connectivity index (χ3v) is 6.67. The van der Waals surface area contributed by atoms with E-state index in [2.05, 4.69) is 35.1 Å². The van der Waals surface area contributed by atoms with Crippen LogP contribution in [-0.2, 0) is 19.0 Å². The lowest BCUT2D eigenvalue weighted by Gasteiger charge is -2.23. The van der Waals surface area contributed by atoms with Crippen molar-refractivity contribution in [3.63, 3.8) is 0 Å². The highest BCUT2D eigenvalue weighted by Crippen LogP contribution is 2.16. The van der Waals surface area contributed by atoms with Gasteiger partial charge in [0.2, 0.25) is 6.41 Å². The summed E-state index contributed by atoms with van der Waals surface area (Å²) in [4.78, 5) is 33.1. The molecule has 254 valence electrons. The van der Waals surface area contributed by atoms with Crippen molar-refractivity contribution in [3.05, 3.63) is 35.4 Å². The molecule has 11 heteroatoms. The van der Waals surface area contributed by atoms with Crippen molar-refractivity contribution in [2.45, 2.75) is 104 Å². The summed E-state index contributed by atoms with van der Waals surface area (Å²) in [7, 11) is 0. The molecule has 1 heterocycles. The first kappa shape index (κ1) is 41.3. The molecule has 0 aliphatic carbocycles. The fourth-order valence-corrected chi connectivity index (χ4v) is 4.32. The summed E-state index contributed by atoms with van der Waals surface area (Å²) in [5.41, 5.74) is 1.81. The molecule has 0 aromatic heterocycles. The molecule has 1 aliphatic heterocycles. The molecule has 0 saturated carbocycles. The first-order valence-corrected chi connectivity index (χ1v) is 16.4. The van der Waals surface area contributed by atoms with E-state index >= 15 is 0 Å². The van der Waals surface area contributed by atoms with Crippen molar-refractivity contribution in [1.82, 2.24) is 21.3 Å². The summed E-state index contributed by atoms with van der Waals surface area (Å²) < 4.78 is 16.2. The Bertz CT molecular complexity index is 842. The van der Waals surface area contributed by atoms with Crippen molar-refractivity contribution >= 4 is 18.3 Å². The molecule has 5 N–H and O–H groups in total. The van der Waals surface area contributed by atoms with E-state index in [0.29, 0.717) is 64.7 Å². The standard InChI is InChI=1S/C19H30N2O5.C12H24N2O2.C2H6/c1-17-4-6-18(7-5-17)19(23)21-9-3-11-25-13-15-26-14-12-24-10-2-8-20-16-22;1-3-5-6-8-10(15)11-9(7-4-2)13-12(16)14-11;1-2/h4-7,16H,2-3,8-15H2,1H3,(H,20,22)(H,21,23);9-11,15H,3-8H2,1-2H3,(H2,13,14,16);1-2H3. The van der Waals surface area contributed by atoms with Crippen molar-refractivity contribution < 1.29 is 33.7 Å². The minimum Gasteiger partial charge on any atom is -0.391 e. The van der Waals surface area contributed by atoms with Gasteiger partial charge in [0.15, 0.2) is 0 Å². The number of benzene rings is 1. The third-order valence-electron chi connectivity index (χ3n) is 6.67. The van der Waals surface area contributed by atoms with Crippen LogP contribution >= 0.6 is 0 Å². The lowest BCUT2D eigenvalue weighted by molar-refractivity contribution is -0.109. The third kappa shape index (κ3) is 21.1. The van der Waals surface area contributed by atoms with E-state index < -0.39 is 6.10 Å². The van der Waals surface area contributed by atoms with E-state index in [1.54, 1.807) is 0 Å². The number of aliphatic hydroxyl groups is 1. The first-order valence-electron chi connectivity index (χ1n) is 16.4. The predicted molar refractivity (Wildman–Crippen MR) is 175 cm³/mol. The summed E-state index contributed by atoms with van der Waals surface area (Å²) in [6.45, 7) is 14.7. The number of aryl methyl sites for hydroxylation is 1. The van der Waals surface area contributed by atoms with Crippen LogP contribution in [0.25, 0.3) is 0 Å². The van der Waals surface area contributed by atoms with Gasteiger partial charge >= 0.3 is 6.03 Å². The van der Waals surface area contributed by atoms with E-state index in [9.17, 15) is 19.5 Å². The van der Waals surface area contributed by atoms with Crippen molar-refractivity contribution in [1.29, 1.82) is 0 Å². The van der Waals surface area contributed by atoms with E-state index in [0.717, 1.165) is 56.9 Å². The average molecular weight is 625 g/mol. The second-order valence-corrected chi connectivity index (χ2v) is 10.3. The zero-order valence-corrected chi connectivity index (χ0v) is 27.8. The first-order chi connectivity index (χ1) is 21.4. The van der Waals surface area contributed by atoms with Crippen LogP contribution in [0.5, 0.6) is 0 Å². The Hall–Kier alpha value is -2.73. The minimum absolute atomic E-state index is 0.0599. The topological polar surface area (TPSA) is 147 Å². The molecular formula is C33H60N4O7. The number of aliphatic hydroxyl groups excluding tert-OH is 1. The second kappa shape index (κ2) is 29.0. The highest BCUT2D eigenvalue weighted by molar-refractivity contribution is 5.94. The van der Waals surface area contributed by atoms with Crippen LogP contribution in [-0.4, -0.2) is 94.4 Å². The van der Waals surface area contributed by atoms with Crippen molar-refractivity contribution in [3.8, 4) is 0 Å². The summed E-state index contributed by atoms with van der Waals surface area (Å²) in [6, 6.07) is 7.34. The number of hydrogen-bond acceptors (Lipinski definition) is 7. The van der Waals surface area contributed by atoms with Gasteiger partial charge in [0.1, 0.15) is 0 Å². The van der Waals surface area contributed by atoms with Crippen LogP contribution in [0.15, 0.2) is 24.3 Å². The molecule has 0 bridgehead atoms. The van der Waals surface area contributed by atoms with Gasteiger partial charge in [-0.1, -0.05) is 71.1 Å². The Morgan fingerprint density at radius 3 is 2.05 bits per heavy atom. The van der Waals surface area contributed by atoms with Crippen LogP contribution < -0.4 is 21.3 Å².